The summed E-state index contributed by atoms with van der Waals surface area (Å²) in [6.45, 7) is 4.08. The highest BCUT2D eigenvalue weighted by molar-refractivity contribution is 6.04. The molecular formula is C25H30N6O. The number of nitrogens with one attached hydrogen (secondary N) is 2. The van der Waals surface area contributed by atoms with Gasteiger partial charge in [0.25, 0.3) is 5.91 Å². The zero-order valence-corrected chi connectivity index (χ0v) is 18.9. The van der Waals surface area contributed by atoms with E-state index in [1.165, 1.54) is 19.3 Å². The third kappa shape index (κ3) is 5.35. The average Bonchev–Trinajstić information content (AvgIpc) is 2.80. The molecule has 1 fully saturated rings. The van der Waals surface area contributed by atoms with E-state index >= 15 is 0 Å². The topological polar surface area (TPSA) is 73.4 Å². The second kappa shape index (κ2) is 9.68. The van der Waals surface area contributed by atoms with Crippen LogP contribution in [-0.4, -0.2) is 43.1 Å². The summed E-state index contributed by atoms with van der Waals surface area (Å²) in [5.74, 6) is 1.43. The number of piperidine rings is 1. The molecule has 0 aliphatic carbocycles. The molecule has 1 aliphatic rings. The Bertz CT molecular complexity index is 1060. The van der Waals surface area contributed by atoms with Crippen molar-refractivity contribution >= 4 is 34.7 Å². The maximum absolute atomic E-state index is 12.5. The van der Waals surface area contributed by atoms with E-state index in [0.29, 0.717) is 11.5 Å². The van der Waals surface area contributed by atoms with Gasteiger partial charge in [0.1, 0.15) is 5.82 Å². The van der Waals surface area contributed by atoms with Crippen LogP contribution in [-0.2, 0) is 0 Å². The Kier molecular flexibility index (Phi) is 6.54. The lowest BCUT2D eigenvalue weighted by molar-refractivity contribution is 0.102. The maximum atomic E-state index is 12.5. The highest BCUT2D eigenvalue weighted by atomic mass is 16.1. The Morgan fingerprint density at radius 1 is 0.906 bits per heavy atom. The second-order valence-corrected chi connectivity index (χ2v) is 8.34. The predicted octanol–water partition coefficient (Wildman–Crippen LogP) is 4.84. The van der Waals surface area contributed by atoms with E-state index in [2.05, 4.69) is 20.5 Å². The minimum absolute atomic E-state index is 0.135. The zero-order chi connectivity index (χ0) is 22.5. The monoisotopic (exact) mass is 430 g/mol. The molecule has 0 spiro atoms. The molecule has 2 heterocycles. The molecule has 0 atom stereocenters. The van der Waals surface area contributed by atoms with Crippen molar-refractivity contribution in [1.29, 1.82) is 0 Å². The smallest absolute Gasteiger partial charge is 0.255 e. The Morgan fingerprint density at radius 2 is 1.56 bits per heavy atom. The largest absolute Gasteiger partial charge is 0.378 e. The van der Waals surface area contributed by atoms with Gasteiger partial charge in [-0.25, -0.2) is 4.98 Å². The quantitative estimate of drug-likeness (QED) is 0.583. The fourth-order valence-electron chi connectivity index (χ4n) is 3.77. The Balaban J connectivity index is 1.40. The van der Waals surface area contributed by atoms with Gasteiger partial charge >= 0.3 is 0 Å². The van der Waals surface area contributed by atoms with Crippen molar-refractivity contribution in [3.8, 4) is 0 Å². The molecule has 7 nitrogen and oxygen atoms in total. The zero-order valence-electron chi connectivity index (χ0n) is 18.9. The van der Waals surface area contributed by atoms with Crippen molar-refractivity contribution in [2.24, 2.45) is 0 Å². The van der Waals surface area contributed by atoms with Gasteiger partial charge in [0.2, 0.25) is 5.95 Å². The highest BCUT2D eigenvalue weighted by Gasteiger charge is 2.14. The molecular weight excluding hydrogens is 400 g/mol. The number of amides is 1. The Hall–Kier alpha value is -3.61. The van der Waals surface area contributed by atoms with Crippen LogP contribution in [0.5, 0.6) is 0 Å². The molecule has 2 aromatic carbocycles. The van der Waals surface area contributed by atoms with Crippen LogP contribution in [0.1, 0.15) is 35.3 Å². The molecule has 1 aromatic heterocycles. The summed E-state index contributed by atoms with van der Waals surface area (Å²) >= 11 is 0. The first kappa shape index (κ1) is 21.6. The lowest BCUT2D eigenvalue weighted by Gasteiger charge is -2.28. The van der Waals surface area contributed by atoms with Gasteiger partial charge in [-0.1, -0.05) is 0 Å². The highest BCUT2D eigenvalue weighted by Crippen LogP contribution is 2.22. The fourth-order valence-corrected chi connectivity index (χ4v) is 3.77. The van der Waals surface area contributed by atoms with Crippen LogP contribution in [0.2, 0.25) is 0 Å². The van der Waals surface area contributed by atoms with Crippen LogP contribution >= 0.6 is 0 Å². The summed E-state index contributed by atoms with van der Waals surface area (Å²) in [4.78, 5) is 26.1. The molecule has 1 aliphatic heterocycles. The van der Waals surface area contributed by atoms with Crippen molar-refractivity contribution in [2.75, 3.05) is 47.6 Å². The molecule has 7 heteroatoms. The summed E-state index contributed by atoms with van der Waals surface area (Å²) in [6.07, 6.45) is 3.70. The first-order valence-corrected chi connectivity index (χ1v) is 11.0. The number of carbonyl (C=O) groups excluding carboxylic acids is 1. The molecule has 0 saturated carbocycles. The van der Waals surface area contributed by atoms with Gasteiger partial charge in [0, 0.05) is 61.6 Å². The predicted molar refractivity (Wildman–Crippen MR) is 131 cm³/mol. The molecule has 166 valence electrons. The van der Waals surface area contributed by atoms with Crippen LogP contribution in [0, 0.1) is 6.92 Å². The van der Waals surface area contributed by atoms with Gasteiger partial charge < -0.3 is 20.4 Å². The molecule has 4 rings (SSSR count). The SMILES string of the molecule is Cc1cc(N2CCCCC2)nc(Nc2ccc(NC(=O)c3ccc(N(C)C)cc3)cc2)n1. The summed E-state index contributed by atoms with van der Waals surface area (Å²) < 4.78 is 0. The van der Waals surface area contributed by atoms with E-state index in [0.717, 1.165) is 41.7 Å². The molecule has 1 saturated heterocycles. The second-order valence-electron chi connectivity index (χ2n) is 8.34. The number of benzene rings is 2. The summed E-state index contributed by atoms with van der Waals surface area (Å²) in [5, 5.41) is 6.23. The summed E-state index contributed by atoms with van der Waals surface area (Å²) in [6, 6.07) is 17.1. The molecule has 32 heavy (non-hydrogen) atoms. The van der Waals surface area contributed by atoms with Crippen LogP contribution in [0.25, 0.3) is 0 Å². The van der Waals surface area contributed by atoms with E-state index < -0.39 is 0 Å². The Labute approximate surface area is 189 Å². The lowest BCUT2D eigenvalue weighted by atomic mass is 10.1. The third-order valence-corrected chi connectivity index (χ3v) is 5.57. The first-order valence-electron chi connectivity index (χ1n) is 11.0. The van der Waals surface area contributed by atoms with E-state index in [9.17, 15) is 4.79 Å². The minimum atomic E-state index is -0.135. The minimum Gasteiger partial charge on any atom is -0.378 e. The normalized spacial score (nSPS) is 13.5. The number of rotatable bonds is 6. The van der Waals surface area contributed by atoms with Gasteiger partial charge in [-0.05, 0) is 74.7 Å². The van der Waals surface area contributed by atoms with Crippen LogP contribution < -0.4 is 20.4 Å². The van der Waals surface area contributed by atoms with E-state index in [1.807, 2.05) is 80.5 Å². The molecule has 3 aromatic rings. The van der Waals surface area contributed by atoms with Gasteiger partial charge in [0.15, 0.2) is 0 Å². The standard InChI is InChI=1S/C25H30N6O/c1-18-17-23(31-15-5-4-6-16-31)29-25(26-18)28-21-11-9-20(10-12-21)27-24(32)19-7-13-22(14-8-19)30(2)3/h7-14,17H,4-6,15-16H2,1-3H3,(H,27,32)(H,26,28,29). The lowest BCUT2D eigenvalue weighted by Crippen LogP contribution is -2.30. The van der Waals surface area contributed by atoms with E-state index in [4.69, 9.17) is 4.98 Å². The van der Waals surface area contributed by atoms with Crippen LogP contribution in [0.4, 0.5) is 28.8 Å². The van der Waals surface area contributed by atoms with E-state index in [-0.39, 0.29) is 5.91 Å². The molecule has 0 radical (unpaired) electrons. The summed E-state index contributed by atoms with van der Waals surface area (Å²) in [5.41, 5.74) is 4.21. The van der Waals surface area contributed by atoms with Gasteiger partial charge in [-0.15, -0.1) is 0 Å². The van der Waals surface area contributed by atoms with Crippen molar-refractivity contribution < 1.29 is 4.79 Å². The van der Waals surface area contributed by atoms with Crippen LogP contribution in [0.15, 0.2) is 54.6 Å². The number of aryl methyl sites for hydroxylation is 1. The van der Waals surface area contributed by atoms with Crippen molar-refractivity contribution in [3.63, 3.8) is 0 Å². The average molecular weight is 431 g/mol. The molecule has 1 amide bonds. The van der Waals surface area contributed by atoms with E-state index in [1.54, 1.807) is 0 Å². The van der Waals surface area contributed by atoms with Gasteiger partial charge in [0.05, 0.1) is 0 Å². The number of aromatic nitrogens is 2. The maximum Gasteiger partial charge on any atom is 0.255 e. The third-order valence-electron chi connectivity index (χ3n) is 5.57. The number of hydrogen-bond donors (Lipinski definition) is 2. The number of carbonyl (C=O) groups is 1. The fraction of sp³-hybridized carbons (Fsp3) is 0.320. The van der Waals surface area contributed by atoms with Gasteiger partial charge in [-0.3, -0.25) is 4.79 Å². The molecule has 0 bridgehead atoms. The van der Waals surface area contributed by atoms with Crippen molar-refractivity contribution in [1.82, 2.24) is 9.97 Å². The Morgan fingerprint density at radius 3 is 2.22 bits per heavy atom. The van der Waals surface area contributed by atoms with Crippen molar-refractivity contribution in [2.45, 2.75) is 26.2 Å². The van der Waals surface area contributed by atoms with Crippen molar-refractivity contribution in [3.05, 3.63) is 65.9 Å². The molecule has 2 N–H and O–H groups in total. The van der Waals surface area contributed by atoms with Gasteiger partial charge in [-0.2, -0.15) is 4.98 Å². The first-order chi connectivity index (χ1) is 15.5. The number of hydrogen-bond acceptors (Lipinski definition) is 6. The number of nitrogens with zero attached hydrogens (tertiary/aromatic N) is 4. The molecule has 0 unspecified atom stereocenters. The summed E-state index contributed by atoms with van der Waals surface area (Å²) in [7, 11) is 3.95. The van der Waals surface area contributed by atoms with Crippen LogP contribution in [0.3, 0.4) is 0 Å². The number of anilines is 5.